The Morgan fingerprint density at radius 2 is 1.12 bits per heavy atom. The predicted molar refractivity (Wildman–Crippen MR) is 113 cm³/mol. The van der Waals surface area contributed by atoms with Crippen molar-refractivity contribution in [1.82, 2.24) is 0 Å². The van der Waals surface area contributed by atoms with Crippen LogP contribution >= 0.6 is 17.8 Å². The van der Waals surface area contributed by atoms with Gasteiger partial charge in [0.15, 0.2) is 0 Å². The van der Waals surface area contributed by atoms with Crippen molar-refractivity contribution in [3.8, 4) is 0 Å². The molecule has 0 amide bonds. The Hall–Kier alpha value is -0.973. The van der Waals surface area contributed by atoms with Crippen LogP contribution in [0.15, 0.2) is 89.8 Å². The Bertz CT molecular complexity index is 864. The van der Waals surface area contributed by atoms with E-state index in [2.05, 4.69) is 0 Å². The molecule has 0 spiro atoms. The first kappa shape index (κ1) is 22.1. The molecule has 7 heteroatoms. The van der Waals surface area contributed by atoms with Gasteiger partial charge in [-0.05, 0) is 36.0 Å². The molecule has 0 heterocycles. The monoisotopic (exact) mass is 384 g/mol. The maximum atomic E-state index is 11.4. The summed E-state index contributed by atoms with van der Waals surface area (Å²) in [5.74, 6) is 0. The van der Waals surface area contributed by atoms with Crippen molar-refractivity contribution in [2.75, 3.05) is 0 Å². The van der Waals surface area contributed by atoms with E-state index in [1.807, 2.05) is 66.7 Å². The molecule has 1 atom stereocenters. The summed E-state index contributed by atoms with van der Waals surface area (Å²) in [6, 6.07) is 26.5. The Morgan fingerprint density at radius 3 is 1.56 bits per heavy atom. The summed E-state index contributed by atoms with van der Waals surface area (Å²) in [7, 11) is -5.10. The van der Waals surface area contributed by atoms with Crippen LogP contribution in [0.4, 0.5) is 0 Å². The van der Waals surface area contributed by atoms with Crippen molar-refractivity contribution in [2.45, 2.75) is 4.90 Å². The molecule has 0 bridgehead atoms. The first-order valence-corrected chi connectivity index (χ1v) is 9.82. The number of hydrogen-bond donors (Lipinski definition) is 1. The van der Waals surface area contributed by atoms with Crippen LogP contribution in [0.3, 0.4) is 0 Å². The molecule has 3 nitrogen and oxygen atoms in total. The summed E-state index contributed by atoms with van der Waals surface area (Å²) in [4.78, 5) is -0.0747. The van der Waals surface area contributed by atoms with Gasteiger partial charge in [0.25, 0.3) is 10.1 Å². The van der Waals surface area contributed by atoms with Crippen LogP contribution in [0.1, 0.15) is 0 Å². The van der Waals surface area contributed by atoms with Crippen LogP contribution in [-0.4, -0.2) is 31.8 Å². The molecule has 0 saturated heterocycles. The van der Waals surface area contributed by atoms with Gasteiger partial charge in [0.2, 0.25) is 0 Å². The second kappa shape index (κ2) is 9.65. The quantitative estimate of drug-likeness (QED) is 0.426. The molecule has 0 aliphatic heterocycles. The van der Waals surface area contributed by atoms with Gasteiger partial charge in [-0.25, -0.2) is 0 Å². The third kappa shape index (κ3) is 5.50. The van der Waals surface area contributed by atoms with Crippen molar-refractivity contribution < 1.29 is 13.0 Å². The van der Waals surface area contributed by atoms with Crippen LogP contribution in [0.5, 0.6) is 0 Å². The van der Waals surface area contributed by atoms with Crippen molar-refractivity contribution >= 4 is 62.7 Å². The van der Waals surface area contributed by atoms with Gasteiger partial charge < -0.3 is 0 Å². The van der Waals surface area contributed by atoms with Crippen LogP contribution < -0.4 is 15.9 Å². The molecule has 0 radical (unpaired) electrons. The second-order valence-corrected chi connectivity index (χ2v) is 8.62. The average molecular weight is 384 g/mol. The fourth-order valence-corrected chi connectivity index (χ4v) is 5.34. The normalized spacial score (nSPS) is 10.6. The standard InChI is InChI=1S/C18H15O3PS.Li.H3P.H/c19-23(20,21)18-13-7-12-17(14-18)22(15-8-3-1-4-9-15)16-10-5-2-6-11-16;;;/h1-14H,(H,19,20,21);;1H3;. The van der Waals surface area contributed by atoms with Crippen LogP contribution in [-0.2, 0) is 10.1 Å². The third-order valence-corrected chi connectivity index (χ3v) is 6.68. The third-order valence-electron chi connectivity index (χ3n) is 3.40. The molecule has 0 aliphatic carbocycles. The summed E-state index contributed by atoms with van der Waals surface area (Å²) < 4.78 is 32.2. The molecule has 0 fully saturated rings. The van der Waals surface area contributed by atoms with Crippen molar-refractivity contribution in [1.29, 1.82) is 0 Å². The zero-order valence-electron chi connectivity index (χ0n) is 12.9. The Kier molecular flexibility index (Phi) is 8.52. The average Bonchev–Trinajstić information content (AvgIpc) is 2.57. The maximum absolute atomic E-state index is 11.4. The molecule has 0 aromatic heterocycles. The second-order valence-electron chi connectivity index (χ2n) is 4.98. The molecule has 3 rings (SSSR count). The van der Waals surface area contributed by atoms with Gasteiger partial charge in [-0.2, -0.15) is 18.3 Å². The van der Waals surface area contributed by atoms with Crippen molar-refractivity contribution in [3.05, 3.63) is 84.9 Å². The molecule has 1 unspecified atom stereocenters. The molecule has 3 aromatic carbocycles. The molecule has 1 N–H and O–H groups in total. The molecule has 0 saturated carbocycles. The van der Waals surface area contributed by atoms with Gasteiger partial charge in [0, 0.05) is 0 Å². The fraction of sp³-hybridized carbons (Fsp3) is 0. The molecular weight excluding hydrogens is 365 g/mol. The van der Waals surface area contributed by atoms with E-state index >= 15 is 0 Å². The summed E-state index contributed by atoms with van der Waals surface area (Å²) in [6.45, 7) is 0. The van der Waals surface area contributed by atoms with Gasteiger partial charge >= 0.3 is 18.9 Å². The van der Waals surface area contributed by atoms with E-state index in [0.717, 1.165) is 15.9 Å². The molecule has 126 valence electrons. The van der Waals surface area contributed by atoms with E-state index in [-0.39, 0.29) is 33.7 Å². The SMILES string of the molecule is O=S(=O)(O)c1cccc(P(c2ccccc2)c2ccccc2)c1.P.[LiH]. The summed E-state index contributed by atoms with van der Waals surface area (Å²) in [5.41, 5.74) is 0. The van der Waals surface area contributed by atoms with E-state index in [4.69, 9.17) is 0 Å². The number of hydrogen-bond acceptors (Lipinski definition) is 2. The van der Waals surface area contributed by atoms with E-state index in [9.17, 15) is 13.0 Å². The number of rotatable bonds is 4. The van der Waals surface area contributed by atoms with Gasteiger partial charge in [0.1, 0.15) is 0 Å². The molecule has 0 aliphatic rings. The zero-order chi connectivity index (χ0) is 16.3. The van der Waals surface area contributed by atoms with Gasteiger partial charge in [-0.15, -0.1) is 0 Å². The van der Waals surface area contributed by atoms with Crippen LogP contribution in [0.2, 0.25) is 0 Å². The van der Waals surface area contributed by atoms with Crippen LogP contribution in [0.25, 0.3) is 0 Å². The minimum atomic E-state index is -4.21. The van der Waals surface area contributed by atoms with E-state index in [1.54, 1.807) is 12.1 Å². The predicted octanol–water partition coefficient (Wildman–Crippen LogP) is 2.10. The van der Waals surface area contributed by atoms with Gasteiger partial charge in [-0.1, -0.05) is 72.8 Å². The molecule has 25 heavy (non-hydrogen) atoms. The molecule has 3 aromatic rings. The molecular formula is C18H19LiO3P2S. The van der Waals surface area contributed by atoms with Crippen LogP contribution in [0, 0.1) is 0 Å². The Morgan fingerprint density at radius 1 is 0.680 bits per heavy atom. The summed E-state index contributed by atoms with van der Waals surface area (Å²) in [6.07, 6.45) is 0. The van der Waals surface area contributed by atoms with Crippen molar-refractivity contribution in [3.63, 3.8) is 0 Å². The first-order valence-electron chi connectivity index (χ1n) is 7.03. The Balaban J connectivity index is 0.00000156. The zero-order valence-corrected chi connectivity index (χ0v) is 16.0. The topological polar surface area (TPSA) is 54.4 Å². The minimum absolute atomic E-state index is 0. The van der Waals surface area contributed by atoms with E-state index in [0.29, 0.717) is 0 Å². The number of benzene rings is 3. The van der Waals surface area contributed by atoms with Crippen molar-refractivity contribution in [2.24, 2.45) is 0 Å². The van der Waals surface area contributed by atoms with Gasteiger partial charge in [0.05, 0.1) is 4.90 Å². The Labute approximate surface area is 165 Å². The summed E-state index contributed by atoms with van der Waals surface area (Å²) >= 11 is 0. The van der Waals surface area contributed by atoms with E-state index in [1.165, 1.54) is 6.07 Å². The van der Waals surface area contributed by atoms with Gasteiger partial charge in [-0.3, -0.25) is 4.55 Å². The summed E-state index contributed by atoms with van der Waals surface area (Å²) in [5, 5.41) is 3.13. The fourth-order valence-electron chi connectivity index (χ4n) is 2.38. The van der Waals surface area contributed by atoms with E-state index < -0.39 is 18.0 Å². The first-order chi connectivity index (χ1) is 11.1.